The van der Waals surface area contributed by atoms with Crippen LogP contribution in [0.1, 0.15) is 31.7 Å². The summed E-state index contributed by atoms with van der Waals surface area (Å²) in [7, 11) is -3.54. The second-order valence-corrected chi connectivity index (χ2v) is 7.61. The van der Waals surface area contributed by atoms with Gasteiger partial charge < -0.3 is 5.32 Å². The first-order chi connectivity index (χ1) is 10.5. The van der Waals surface area contributed by atoms with E-state index in [0.717, 1.165) is 18.7 Å². The van der Waals surface area contributed by atoms with E-state index >= 15 is 0 Å². The summed E-state index contributed by atoms with van der Waals surface area (Å²) in [5.41, 5.74) is 0.845. The van der Waals surface area contributed by atoms with E-state index in [1.54, 1.807) is 0 Å². The Labute approximate surface area is 132 Å². The van der Waals surface area contributed by atoms with Crippen molar-refractivity contribution >= 4 is 15.9 Å². The van der Waals surface area contributed by atoms with Gasteiger partial charge >= 0.3 is 0 Å². The van der Waals surface area contributed by atoms with E-state index in [9.17, 15) is 13.2 Å². The molecular weight excluding hydrogens is 300 g/mol. The highest BCUT2D eigenvalue weighted by molar-refractivity contribution is 7.89. The van der Waals surface area contributed by atoms with E-state index < -0.39 is 10.0 Å². The molecule has 0 aliphatic carbocycles. The van der Waals surface area contributed by atoms with Crippen molar-refractivity contribution in [3.05, 3.63) is 35.9 Å². The van der Waals surface area contributed by atoms with Crippen LogP contribution >= 0.6 is 0 Å². The highest BCUT2D eigenvalue weighted by Crippen LogP contribution is 2.19. The van der Waals surface area contributed by atoms with Gasteiger partial charge in [0.25, 0.3) is 0 Å². The fourth-order valence-corrected chi connectivity index (χ4v) is 4.58. The number of nitrogens with zero attached hydrogens (tertiary/aromatic N) is 1. The largest absolute Gasteiger partial charge is 0.317 e. The Hall–Kier alpha value is -1.40. The Kier molecular flexibility index (Phi) is 5.97. The number of carbonyl (C=O) groups excluding carboxylic acids is 1. The SMILES string of the molecule is CCCS(=O)(=O)N(C(=O)Cc1ccccc1)C1CCNCC1. The fraction of sp³-hybridized carbons (Fsp3) is 0.562. The summed E-state index contributed by atoms with van der Waals surface area (Å²) in [5.74, 6) is -0.288. The van der Waals surface area contributed by atoms with Crippen LogP contribution in [0.2, 0.25) is 0 Å². The van der Waals surface area contributed by atoms with E-state index in [1.165, 1.54) is 4.31 Å². The van der Waals surface area contributed by atoms with Gasteiger partial charge in [0.1, 0.15) is 0 Å². The Morgan fingerprint density at radius 1 is 1.23 bits per heavy atom. The first-order valence-corrected chi connectivity index (χ1v) is 9.45. The Morgan fingerprint density at radius 2 is 1.86 bits per heavy atom. The molecule has 0 bridgehead atoms. The smallest absolute Gasteiger partial charge is 0.240 e. The van der Waals surface area contributed by atoms with Crippen molar-refractivity contribution in [1.29, 1.82) is 0 Å². The molecule has 1 heterocycles. The molecule has 0 radical (unpaired) electrons. The lowest BCUT2D eigenvalue weighted by Gasteiger charge is -2.33. The van der Waals surface area contributed by atoms with Crippen molar-refractivity contribution in [1.82, 2.24) is 9.62 Å². The molecule has 1 aliphatic rings. The molecular formula is C16H24N2O3S. The zero-order chi connectivity index (χ0) is 16.0. The first kappa shape index (κ1) is 17.0. The second kappa shape index (κ2) is 7.74. The first-order valence-electron chi connectivity index (χ1n) is 7.84. The van der Waals surface area contributed by atoms with Crippen LogP contribution < -0.4 is 5.32 Å². The van der Waals surface area contributed by atoms with Crippen molar-refractivity contribution in [2.24, 2.45) is 0 Å². The summed E-state index contributed by atoms with van der Waals surface area (Å²) in [5, 5.41) is 3.21. The van der Waals surface area contributed by atoms with E-state index in [2.05, 4.69) is 5.32 Å². The molecule has 122 valence electrons. The van der Waals surface area contributed by atoms with Crippen LogP contribution in [0.15, 0.2) is 30.3 Å². The standard InChI is InChI=1S/C16H24N2O3S/c1-2-12-22(20,21)18(15-8-10-17-11-9-15)16(19)13-14-6-4-3-5-7-14/h3-7,15,17H,2,8-13H2,1H3. The predicted octanol–water partition coefficient (Wildman–Crippen LogP) is 1.55. The van der Waals surface area contributed by atoms with Crippen LogP contribution in [-0.2, 0) is 21.2 Å². The minimum absolute atomic E-state index is 0.0253. The average Bonchev–Trinajstić information content (AvgIpc) is 2.49. The summed E-state index contributed by atoms with van der Waals surface area (Å²) in [4.78, 5) is 12.7. The molecule has 1 fully saturated rings. The number of hydrogen-bond donors (Lipinski definition) is 1. The van der Waals surface area contributed by atoms with E-state index in [-0.39, 0.29) is 24.1 Å². The van der Waals surface area contributed by atoms with Gasteiger partial charge in [0.05, 0.1) is 18.2 Å². The topological polar surface area (TPSA) is 66.5 Å². The maximum absolute atomic E-state index is 12.7. The van der Waals surface area contributed by atoms with Crippen molar-refractivity contribution in [2.45, 2.75) is 38.6 Å². The van der Waals surface area contributed by atoms with Gasteiger partial charge in [0.15, 0.2) is 0 Å². The Morgan fingerprint density at radius 3 is 2.45 bits per heavy atom. The van der Waals surface area contributed by atoms with Gasteiger partial charge in [0.2, 0.25) is 15.9 Å². The Bertz CT molecular complexity index is 581. The van der Waals surface area contributed by atoms with E-state index in [0.29, 0.717) is 19.3 Å². The lowest BCUT2D eigenvalue weighted by molar-refractivity contribution is -0.127. The van der Waals surface area contributed by atoms with Crippen LogP contribution in [0.4, 0.5) is 0 Å². The fourth-order valence-electron chi connectivity index (χ4n) is 2.83. The zero-order valence-electron chi connectivity index (χ0n) is 13.0. The van der Waals surface area contributed by atoms with Crippen molar-refractivity contribution in [3.8, 4) is 0 Å². The molecule has 6 heteroatoms. The molecule has 1 N–H and O–H groups in total. The van der Waals surface area contributed by atoms with Gasteiger partial charge in [-0.2, -0.15) is 0 Å². The number of piperidine rings is 1. The monoisotopic (exact) mass is 324 g/mol. The number of carbonyl (C=O) groups is 1. The average molecular weight is 324 g/mol. The number of benzene rings is 1. The van der Waals surface area contributed by atoms with Gasteiger partial charge in [0, 0.05) is 0 Å². The van der Waals surface area contributed by atoms with Crippen LogP contribution in [0.3, 0.4) is 0 Å². The lowest BCUT2D eigenvalue weighted by Crippen LogP contribution is -2.50. The minimum Gasteiger partial charge on any atom is -0.317 e. The predicted molar refractivity (Wildman–Crippen MR) is 87.0 cm³/mol. The van der Waals surface area contributed by atoms with Crippen LogP contribution in [0.25, 0.3) is 0 Å². The lowest BCUT2D eigenvalue weighted by atomic mass is 10.1. The molecule has 22 heavy (non-hydrogen) atoms. The number of amides is 1. The third-order valence-corrected chi connectivity index (χ3v) is 5.87. The second-order valence-electron chi connectivity index (χ2n) is 5.65. The third-order valence-electron chi connectivity index (χ3n) is 3.85. The molecule has 0 spiro atoms. The van der Waals surface area contributed by atoms with Gasteiger partial charge in [-0.1, -0.05) is 37.3 Å². The molecule has 5 nitrogen and oxygen atoms in total. The molecule has 1 aromatic carbocycles. The minimum atomic E-state index is -3.54. The molecule has 0 unspecified atom stereocenters. The summed E-state index contributed by atoms with van der Waals surface area (Å²) in [6.07, 6.45) is 2.02. The van der Waals surface area contributed by atoms with E-state index in [1.807, 2.05) is 37.3 Å². The number of rotatable bonds is 6. The molecule has 0 aromatic heterocycles. The molecule has 1 saturated heterocycles. The molecule has 2 rings (SSSR count). The number of sulfonamides is 1. The van der Waals surface area contributed by atoms with Gasteiger partial charge in [-0.3, -0.25) is 4.79 Å². The van der Waals surface area contributed by atoms with Crippen molar-refractivity contribution < 1.29 is 13.2 Å². The summed E-state index contributed by atoms with van der Waals surface area (Å²) in [6, 6.07) is 9.09. The molecule has 0 atom stereocenters. The summed E-state index contributed by atoms with van der Waals surface area (Å²) < 4.78 is 26.3. The molecule has 0 saturated carbocycles. The zero-order valence-corrected chi connectivity index (χ0v) is 13.8. The maximum Gasteiger partial charge on any atom is 0.240 e. The number of hydrogen-bond acceptors (Lipinski definition) is 4. The van der Waals surface area contributed by atoms with Crippen LogP contribution in [0, 0.1) is 0 Å². The summed E-state index contributed by atoms with van der Waals surface area (Å²) >= 11 is 0. The molecule has 1 aromatic rings. The highest BCUT2D eigenvalue weighted by Gasteiger charge is 2.34. The maximum atomic E-state index is 12.7. The third kappa shape index (κ3) is 4.30. The molecule has 1 aliphatic heterocycles. The van der Waals surface area contributed by atoms with Crippen LogP contribution in [-0.4, -0.2) is 43.5 Å². The normalized spacial score (nSPS) is 16.4. The van der Waals surface area contributed by atoms with E-state index in [4.69, 9.17) is 0 Å². The van der Waals surface area contributed by atoms with Gasteiger partial charge in [-0.05, 0) is 37.9 Å². The Balaban J connectivity index is 2.21. The highest BCUT2D eigenvalue weighted by atomic mass is 32.2. The van der Waals surface area contributed by atoms with Crippen molar-refractivity contribution in [3.63, 3.8) is 0 Å². The molecule has 1 amide bonds. The van der Waals surface area contributed by atoms with Gasteiger partial charge in [-0.15, -0.1) is 0 Å². The van der Waals surface area contributed by atoms with Gasteiger partial charge in [-0.25, -0.2) is 12.7 Å². The van der Waals surface area contributed by atoms with Crippen molar-refractivity contribution in [2.75, 3.05) is 18.8 Å². The number of nitrogens with one attached hydrogen (secondary N) is 1. The summed E-state index contributed by atoms with van der Waals surface area (Å²) in [6.45, 7) is 3.32. The van der Waals surface area contributed by atoms with Crippen LogP contribution in [0.5, 0.6) is 0 Å². The quantitative estimate of drug-likeness (QED) is 0.862.